The fraction of sp³-hybridized carbons (Fsp3) is 0.500. The topological polar surface area (TPSA) is 44.5 Å². The van der Waals surface area contributed by atoms with Crippen LogP contribution in [0.15, 0.2) is 71.8 Å². The minimum absolute atomic E-state index is 0.753. The van der Waals surface area contributed by atoms with Crippen LogP contribution < -0.4 is 9.47 Å². The Hall–Kier alpha value is -3.01. The molecule has 1 heterocycles. The normalized spacial score (nSPS) is 11.0. The molecule has 0 aliphatic carbocycles. The molecule has 2 aromatic carbocycles. The highest BCUT2D eigenvalue weighted by Gasteiger charge is 2.09. The molecule has 0 aliphatic rings. The first-order chi connectivity index (χ1) is 18.8. The molecule has 206 valence electrons. The van der Waals surface area contributed by atoms with Gasteiger partial charge in [-0.3, -0.25) is 0 Å². The maximum absolute atomic E-state index is 5.93. The van der Waals surface area contributed by atoms with E-state index in [1.807, 2.05) is 60.7 Å². The molecule has 0 N–H and O–H groups in total. The summed E-state index contributed by atoms with van der Waals surface area (Å²) in [6.45, 7) is 7.57. The van der Waals surface area contributed by atoms with E-state index in [9.17, 15) is 0 Å². The largest absolute Gasteiger partial charge is 0.494 e. The lowest BCUT2D eigenvalue weighted by atomic mass is 10.1. The van der Waals surface area contributed by atoms with Gasteiger partial charge >= 0.3 is 0 Å². The summed E-state index contributed by atoms with van der Waals surface area (Å²) in [4.78, 5) is 0. The molecule has 0 radical (unpaired) electrons. The van der Waals surface area contributed by atoms with E-state index < -0.39 is 0 Å². The lowest BCUT2D eigenvalue weighted by molar-refractivity contribution is 0.304. The van der Waals surface area contributed by atoms with Crippen molar-refractivity contribution < 1.29 is 14.0 Å². The minimum Gasteiger partial charge on any atom is -0.494 e. The molecule has 0 saturated carbocycles. The van der Waals surface area contributed by atoms with Gasteiger partial charge in [0.2, 0.25) is 0 Å². The molecular weight excluding hydrogens is 470 g/mol. The molecule has 4 nitrogen and oxygen atoms in total. The highest BCUT2D eigenvalue weighted by molar-refractivity contribution is 5.67. The third-order valence-corrected chi connectivity index (χ3v) is 6.89. The van der Waals surface area contributed by atoms with Crippen LogP contribution in [0.25, 0.3) is 22.6 Å². The zero-order chi connectivity index (χ0) is 26.7. The van der Waals surface area contributed by atoms with E-state index in [2.05, 4.69) is 18.7 Å². The van der Waals surface area contributed by atoms with Crippen molar-refractivity contribution in [1.29, 1.82) is 0 Å². The Morgan fingerprint density at radius 3 is 1.71 bits per heavy atom. The SMILES string of the molecule is C=CCCCCCCCCCOc1ccc(-c2cc(-c3ccc(OCCCCCCCC)cc3)on2)cc1. The summed E-state index contributed by atoms with van der Waals surface area (Å²) < 4.78 is 17.5. The van der Waals surface area contributed by atoms with Gasteiger partial charge < -0.3 is 14.0 Å². The molecule has 0 atom stereocenters. The van der Waals surface area contributed by atoms with Crippen LogP contribution in [0.5, 0.6) is 11.5 Å². The predicted octanol–water partition coefficient (Wildman–Crippen LogP) is 10.4. The number of nitrogens with zero attached hydrogens (tertiary/aromatic N) is 1. The first-order valence-corrected chi connectivity index (χ1v) is 14.8. The van der Waals surface area contributed by atoms with Gasteiger partial charge in [-0.15, -0.1) is 6.58 Å². The van der Waals surface area contributed by atoms with Gasteiger partial charge in [-0.25, -0.2) is 0 Å². The lowest BCUT2D eigenvalue weighted by Crippen LogP contribution is -1.97. The van der Waals surface area contributed by atoms with Crippen molar-refractivity contribution in [2.45, 2.75) is 96.8 Å². The number of aromatic nitrogens is 1. The van der Waals surface area contributed by atoms with Crippen LogP contribution in [0.3, 0.4) is 0 Å². The summed E-state index contributed by atoms with van der Waals surface area (Å²) in [7, 11) is 0. The molecule has 0 amide bonds. The summed E-state index contributed by atoms with van der Waals surface area (Å²) in [5.74, 6) is 2.55. The lowest BCUT2D eigenvalue weighted by Gasteiger charge is -2.07. The maximum Gasteiger partial charge on any atom is 0.167 e. The molecule has 0 fully saturated rings. The Bertz CT molecular complexity index is 1010. The Kier molecular flexibility index (Phi) is 14.2. The molecule has 3 aromatic rings. The Balaban J connectivity index is 1.35. The Morgan fingerprint density at radius 1 is 0.658 bits per heavy atom. The van der Waals surface area contributed by atoms with E-state index in [4.69, 9.17) is 14.0 Å². The fourth-order valence-corrected chi connectivity index (χ4v) is 4.52. The van der Waals surface area contributed by atoms with Gasteiger partial charge in [0.15, 0.2) is 5.76 Å². The van der Waals surface area contributed by atoms with Crippen LogP contribution in [-0.2, 0) is 0 Å². The van der Waals surface area contributed by atoms with E-state index in [0.717, 1.165) is 66.6 Å². The average Bonchev–Trinajstić information content (AvgIpc) is 3.45. The molecule has 0 aliphatic heterocycles. The second-order valence-electron chi connectivity index (χ2n) is 10.1. The summed E-state index contributed by atoms with van der Waals surface area (Å²) in [6.07, 6.45) is 19.6. The van der Waals surface area contributed by atoms with Crippen molar-refractivity contribution in [1.82, 2.24) is 5.16 Å². The average molecular weight is 518 g/mol. The highest BCUT2D eigenvalue weighted by atomic mass is 16.5. The monoisotopic (exact) mass is 517 g/mol. The second-order valence-corrected chi connectivity index (χ2v) is 10.1. The van der Waals surface area contributed by atoms with Crippen molar-refractivity contribution in [3.63, 3.8) is 0 Å². The van der Waals surface area contributed by atoms with Crippen molar-refractivity contribution in [3.05, 3.63) is 67.3 Å². The Labute approximate surface area is 230 Å². The third-order valence-electron chi connectivity index (χ3n) is 6.89. The number of rotatable bonds is 21. The number of unbranched alkanes of at least 4 members (excludes halogenated alkanes) is 12. The van der Waals surface area contributed by atoms with Gasteiger partial charge in [0.05, 0.1) is 13.2 Å². The summed E-state index contributed by atoms with van der Waals surface area (Å²) in [5, 5.41) is 4.28. The number of hydrogen-bond acceptors (Lipinski definition) is 4. The summed E-state index contributed by atoms with van der Waals surface area (Å²) in [6, 6.07) is 18.2. The molecule has 0 bridgehead atoms. The third kappa shape index (κ3) is 11.2. The van der Waals surface area contributed by atoms with Crippen molar-refractivity contribution >= 4 is 0 Å². The number of benzene rings is 2. The van der Waals surface area contributed by atoms with Crippen LogP contribution in [-0.4, -0.2) is 18.4 Å². The standard InChI is InChI=1S/C34H47NO3/c1-3-5-7-9-11-12-13-15-17-27-36-31-22-18-29(19-23-31)33-28-34(38-35-33)30-20-24-32(25-21-30)37-26-16-14-10-8-6-4-2/h3,18-25,28H,1,4-17,26-27H2,2H3. The van der Waals surface area contributed by atoms with Crippen LogP contribution >= 0.6 is 0 Å². The van der Waals surface area contributed by atoms with Gasteiger partial charge in [-0.2, -0.15) is 0 Å². The Morgan fingerprint density at radius 2 is 1.16 bits per heavy atom. The van der Waals surface area contributed by atoms with E-state index >= 15 is 0 Å². The van der Waals surface area contributed by atoms with Gasteiger partial charge in [-0.1, -0.05) is 82.4 Å². The van der Waals surface area contributed by atoms with Crippen LogP contribution in [0.4, 0.5) is 0 Å². The van der Waals surface area contributed by atoms with E-state index in [0.29, 0.717) is 0 Å². The van der Waals surface area contributed by atoms with Crippen molar-refractivity contribution in [3.8, 4) is 34.1 Å². The summed E-state index contributed by atoms with van der Waals surface area (Å²) in [5.41, 5.74) is 2.83. The van der Waals surface area contributed by atoms with Gasteiger partial charge in [0.25, 0.3) is 0 Å². The number of hydrogen-bond donors (Lipinski definition) is 0. The molecule has 0 unspecified atom stereocenters. The second kappa shape index (κ2) is 18.3. The van der Waals surface area contributed by atoms with Gasteiger partial charge in [0, 0.05) is 17.2 Å². The van der Waals surface area contributed by atoms with E-state index in [1.165, 1.54) is 70.6 Å². The number of ether oxygens (including phenoxy) is 2. The quantitative estimate of drug-likeness (QED) is 0.104. The highest BCUT2D eigenvalue weighted by Crippen LogP contribution is 2.28. The van der Waals surface area contributed by atoms with Gasteiger partial charge in [0.1, 0.15) is 17.2 Å². The zero-order valence-corrected chi connectivity index (χ0v) is 23.5. The first-order valence-electron chi connectivity index (χ1n) is 14.8. The molecule has 0 saturated heterocycles. The van der Waals surface area contributed by atoms with Crippen molar-refractivity contribution in [2.24, 2.45) is 0 Å². The van der Waals surface area contributed by atoms with Crippen LogP contribution in [0, 0.1) is 0 Å². The molecular formula is C34H47NO3. The molecule has 3 rings (SSSR count). The fourth-order valence-electron chi connectivity index (χ4n) is 4.52. The van der Waals surface area contributed by atoms with Crippen molar-refractivity contribution in [2.75, 3.05) is 13.2 Å². The molecule has 38 heavy (non-hydrogen) atoms. The summed E-state index contributed by atoms with van der Waals surface area (Å²) >= 11 is 0. The van der Waals surface area contributed by atoms with E-state index in [1.54, 1.807) is 0 Å². The van der Waals surface area contributed by atoms with Crippen LogP contribution in [0.1, 0.15) is 96.8 Å². The minimum atomic E-state index is 0.753. The zero-order valence-electron chi connectivity index (χ0n) is 23.5. The molecule has 4 heteroatoms. The molecule has 1 aromatic heterocycles. The first kappa shape index (κ1) is 29.5. The molecule has 0 spiro atoms. The maximum atomic E-state index is 5.93. The number of allylic oxidation sites excluding steroid dienone is 1. The van der Waals surface area contributed by atoms with E-state index in [-0.39, 0.29) is 0 Å². The predicted molar refractivity (Wildman–Crippen MR) is 159 cm³/mol. The smallest absolute Gasteiger partial charge is 0.167 e. The van der Waals surface area contributed by atoms with Crippen LogP contribution in [0.2, 0.25) is 0 Å². The van der Waals surface area contributed by atoms with Gasteiger partial charge in [-0.05, 0) is 74.2 Å².